The molecule has 3 atom stereocenters. The Balaban J connectivity index is -0.00000225. The van der Waals surface area contributed by atoms with E-state index < -0.39 is 0 Å². The average molecular weight is 570 g/mol. The number of nitrogens with zero attached hydrogens (tertiary/aromatic N) is 3. The van der Waals surface area contributed by atoms with Crippen LogP contribution in [-0.2, 0) is 17.1 Å². The van der Waals surface area contributed by atoms with E-state index in [1.165, 1.54) is 142 Å². The van der Waals surface area contributed by atoms with Gasteiger partial charge in [-0.05, 0) is 45.9 Å². The van der Waals surface area contributed by atoms with Gasteiger partial charge in [-0.15, -0.1) is 0 Å². The van der Waals surface area contributed by atoms with Crippen molar-refractivity contribution in [2.75, 3.05) is 66.0 Å². The zero-order valence-corrected chi connectivity index (χ0v) is 24.9. The minimum Gasteiger partial charge on any atom is -1.00 e. The van der Waals surface area contributed by atoms with E-state index in [2.05, 4.69) is 34.0 Å². The van der Waals surface area contributed by atoms with Crippen LogP contribution in [0.25, 0.3) is 0 Å². The molecule has 4 nitrogen and oxygen atoms in total. The molecule has 2 saturated heterocycles. The first kappa shape index (κ1) is 38.8. The van der Waals surface area contributed by atoms with Crippen molar-refractivity contribution < 1.29 is 54.3 Å². The smallest absolute Gasteiger partial charge is 1.00 e. The molecule has 33 heavy (non-hydrogen) atoms. The van der Waals surface area contributed by atoms with E-state index in [9.17, 15) is 0 Å². The van der Waals surface area contributed by atoms with Crippen LogP contribution in [0.3, 0.4) is 0 Å². The van der Waals surface area contributed by atoms with E-state index in [-0.39, 0.29) is 54.3 Å². The molecule has 2 rings (SSSR count). The van der Waals surface area contributed by atoms with Gasteiger partial charge in [0.1, 0.15) is 0 Å². The quantitative estimate of drug-likeness (QED) is 0.201. The summed E-state index contributed by atoms with van der Waals surface area (Å²) in [4.78, 5) is 8.09. The summed E-state index contributed by atoms with van der Waals surface area (Å²) in [6.45, 7) is 13.4. The zero-order chi connectivity index (χ0) is 20.6. The summed E-state index contributed by atoms with van der Waals surface area (Å²) in [5, 5.41) is 3.72. The standard InChI is InChI=1S/C25H52N4.3ClH.Mn/c1-3-4-5-6-7-8-9-10-11-12-14-25-15-16-26-17-20-28-19-13-18-27(2)21-23-29(25)24-22-28;;;;/h25-26H,3-24H2,1-2H3;3*1H;/q;;;;+3/p-3. The van der Waals surface area contributed by atoms with Crippen molar-refractivity contribution in [2.45, 2.75) is 96.4 Å². The fourth-order valence-corrected chi connectivity index (χ4v) is 5.07. The van der Waals surface area contributed by atoms with Gasteiger partial charge < -0.3 is 52.3 Å². The molecule has 2 heterocycles. The van der Waals surface area contributed by atoms with Crippen LogP contribution < -0.4 is 42.5 Å². The number of nitrogens with one attached hydrogen (secondary N) is 1. The number of hydrogen-bond donors (Lipinski definition) is 1. The molecule has 200 valence electrons. The summed E-state index contributed by atoms with van der Waals surface area (Å²) in [5.74, 6) is 0. The molecule has 2 aliphatic rings. The van der Waals surface area contributed by atoms with Gasteiger partial charge in [-0.1, -0.05) is 71.1 Å². The Morgan fingerprint density at radius 2 is 1.27 bits per heavy atom. The predicted molar refractivity (Wildman–Crippen MR) is 128 cm³/mol. The Morgan fingerprint density at radius 1 is 0.667 bits per heavy atom. The number of fused-ring (bicyclic) bond motifs is 3. The largest absolute Gasteiger partial charge is 3.00 e. The molecule has 8 heteroatoms. The minimum atomic E-state index is 0. The van der Waals surface area contributed by atoms with Gasteiger partial charge in [0.15, 0.2) is 0 Å². The average Bonchev–Trinajstić information content (AvgIpc) is 2.73. The van der Waals surface area contributed by atoms with E-state index in [4.69, 9.17) is 0 Å². The van der Waals surface area contributed by atoms with Crippen LogP contribution in [0.1, 0.15) is 90.4 Å². The third-order valence-corrected chi connectivity index (χ3v) is 7.15. The van der Waals surface area contributed by atoms with Crippen molar-refractivity contribution in [3.05, 3.63) is 0 Å². The molecular weight excluding hydrogens is 518 g/mol. The third kappa shape index (κ3) is 19.1. The Kier molecular flexibility index (Phi) is 30.9. The van der Waals surface area contributed by atoms with Gasteiger partial charge in [-0.3, -0.25) is 4.90 Å². The molecular formula is C25H52Cl3MnN4. The molecule has 2 fully saturated rings. The van der Waals surface area contributed by atoms with Gasteiger partial charge in [0, 0.05) is 45.3 Å². The number of hydrogen-bond acceptors (Lipinski definition) is 4. The van der Waals surface area contributed by atoms with Gasteiger partial charge >= 0.3 is 17.1 Å². The monoisotopic (exact) mass is 568 g/mol. The second-order valence-electron chi connectivity index (χ2n) is 9.70. The maximum Gasteiger partial charge on any atom is 3.00 e. The van der Waals surface area contributed by atoms with E-state index >= 15 is 0 Å². The van der Waals surface area contributed by atoms with Crippen molar-refractivity contribution in [3.63, 3.8) is 0 Å². The van der Waals surface area contributed by atoms with Crippen LogP contribution in [0.4, 0.5) is 0 Å². The topological polar surface area (TPSA) is 21.8 Å². The summed E-state index contributed by atoms with van der Waals surface area (Å²) >= 11 is 0. The van der Waals surface area contributed by atoms with Crippen molar-refractivity contribution in [1.29, 1.82) is 0 Å². The summed E-state index contributed by atoms with van der Waals surface area (Å²) in [7, 11) is 2.31. The number of halogens is 3. The van der Waals surface area contributed by atoms with Gasteiger partial charge in [0.2, 0.25) is 0 Å². The predicted octanol–water partition coefficient (Wildman–Crippen LogP) is -4.39. The Labute approximate surface area is 235 Å². The van der Waals surface area contributed by atoms with Gasteiger partial charge in [-0.25, -0.2) is 0 Å². The zero-order valence-electron chi connectivity index (χ0n) is 21.5. The molecule has 0 aromatic heterocycles. The SMILES string of the molecule is CCCCCCCCCCCCC1CCNCCN2CCCN(C)CCN1CC2.[Cl-].[Cl-].[Cl-].[Mn+3]. The molecule has 0 aromatic carbocycles. The molecule has 1 N–H and O–H groups in total. The van der Waals surface area contributed by atoms with Gasteiger partial charge in [0.05, 0.1) is 0 Å². The molecule has 0 saturated carbocycles. The van der Waals surface area contributed by atoms with E-state index in [1.807, 2.05) is 0 Å². The molecule has 3 unspecified atom stereocenters. The first-order chi connectivity index (χ1) is 14.3. The molecule has 0 spiro atoms. The van der Waals surface area contributed by atoms with Crippen LogP contribution in [0.2, 0.25) is 0 Å². The molecule has 0 aromatic rings. The fraction of sp³-hybridized carbons (Fsp3) is 1.00. The van der Waals surface area contributed by atoms with Crippen molar-refractivity contribution >= 4 is 0 Å². The molecule has 2 aliphatic heterocycles. The third-order valence-electron chi connectivity index (χ3n) is 7.15. The van der Waals surface area contributed by atoms with Crippen LogP contribution in [-0.4, -0.2) is 86.7 Å². The Morgan fingerprint density at radius 3 is 1.94 bits per heavy atom. The van der Waals surface area contributed by atoms with E-state index in [1.54, 1.807) is 0 Å². The van der Waals surface area contributed by atoms with Crippen molar-refractivity contribution in [3.8, 4) is 0 Å². The van der Waals surface area contributed by atoms with Crippen LogP contribution in [0, 0.1) is 0 Å². The number of likely N-dealkylation sites (N-methyl/N-ethyl adjacent to an activating group) is 1. The second-order valence-corrected chi connectivity index (χ2v) is 9.70. The molecule has 0 aliphatic carbocycles. The normalized spacial score (nSPS) is 24.4. The Bertz CT molecular complexity index is 397. The summed E-state index contributed by atoms with van der Waals surface area (Å²) < 4.78 is 0. The summed E-state index contributed by atoms with van der Waals surface area (Å²) in [6, 6.07) is 0.782. The number of rotatable bonds is 11. The maximum atomic E-state index is 3.72. The van der Waals surface area contributed by atoms with Gasteiger partial charge in [0.25, 0.3) is 0 Å². The second kappa shape index (κ2) is 26.3. The minimum absolute atomic E-state index is 0. The first-order valence-electron chi connectivity index (χ1n) is 13.1. The van der Waals surface area contributed by atoms with Crippen molar-refractivity contribution in [2.24, 2.45) is 0 Å². The van der Waals surface area contributed by atoms with Crippen molar-refractivity contribution in [1.82, 2.24) is 20.0 Å². The Hall–Kier alpha value is 1.23. The van der Waals surface area contributed by atoms with Crippen LogP contribution in [0.15, 0.2) is 0 Å². The van der Waals surface area contributed by atoms with Gasteiger partial charge in [-0.2, -0.15) is 0 Å². The summed E-state index contributed by atoms with van der Waals surface area (Å²) in [5.41, 5.74) is 0. The summed E-state index contributed by atoms with van der Waals surface area (Å²) in [6.07, 6.45) is 18.5. The molecule has 2 bridgehead atoms. The van der Waals surface area contributed by atoms with Crippen LogP contribution >= 0.6 is 0 Å². The van der Waals surface area contributed by atoms with Crippen LogP contribution in [0.5, 0.6) is 0 Å². The fourth-order valence-electron chi connectivity index (χ4n) is 5.07. The van der Waals surface area contributed by atoms with E-state index in [0.717, 1.165) is 6.04 Å². The maximum absolute atomic E-state index is 3.72. The van der Waals surface area contributed by atoms with E-state index in [0.29, 0.717) is 0 Å². The number of unbranched alkanes of at least 4 members (excludes halogenated alkanes) is 9. The first-order valence-corrected chi connectivity index (χ1v) is 13.1. The molecule has 0 amide bonds. The molecule has 0 radical (unpaired) electrons.